The lowest BCUT2D eigenvalue weighted by Crippen LogP contribution is -2.46. The Balaban J connectivity index is 1.56. The molecule has 1 unspecified atom stereocenters. The minimum absolute atomic E-state index is 0.0673. The molecule has 1 saturated heterocycles. The van der Waals surface area contributed by atoms with Gasteiger partial charge in [-0.05, 0) is 25.0 Å². The molecular formula is C17H22FN3O2. The number of aromatic nitrogens is 2. The molecule has 0 amide bonds. The second kappa shape index (κ2) is 7.10. The topological polar surface area (TPSA) is 48.3 Å². The van der Waals surface area contributed by atoms with Gasteiger partial charge in [-0.3, -0.25) is 4.68 Å². The molecule has 1 aliphatic heterocycles. The summed E-state index contributed by atoms with van der Waals surface area (Å²) >= 11 is 0. The lowest BCUT2D eigenvalue weighted by Gasteiger charge is -2.24. The number of aryl methyl sites for hydroxylation is 1. The van der Waals surface area contributed by atoms with Crippen LogP contribution in [0.1, 0.15) is 12.5 Å². The van der Waals surface area contributed by atoms with Gasteiger partial charge in [-0.15, -0.1) is 0 Å². The van der Waals surface area contributed by atoms with E-state index < -0.39 is 0 Å². The number of nitrogens with zero attached hydrogens (tertiary/aromatic N) is 2. The van der Waals surface area contributed by atoms with Crippen molar-refractivity contribution >= 4 is 0 Å². The number of benzene rings is 1. The van der Waals surface area contributed by atoms with Crippen LogP contribution < -0.4 is 10.1 Å². The van der Waals surface area contributed by atoms with Crippen molar-refractivity contribution in [2.45, 2.75) is 31.5 Å². The molecule has 1 aromatic heterocycles. The molecule has 124 valence electrons. The van der Waals surface area contributed by atoms with Crippen LogP contribution in [0.3, 0.4) is 0 Å². The van der Waals surface area contributed by atoms with Crippen LogP contribution in [-0.2, 0) is 18.2 Å². The van der Waals surface area contributed by atoms with E-state index >= 15 is 0 Å². The van der Waals surface area contributed by atoms with E-state index in [1.807, 2.05) is 32.3 Å². The third kappa shape index (κ3) is 4.09. The number of halogens is 1. The molecule has 1 fully saturated rings. The Hall–Kier alpha value is -1.92. The van der Waals surface area contributed by atoms with Crippen LogP contribution >= 0.6 is 0 Å². The molecule has 6 heteroatoms. The zero-order valence-corrected chi connectivity index (χ0v) is 13.4. The zero-order chi connectivity index (χ0) is 16.2. The highest BCUT2D eigenvalue weighted by molar-refractivity contribution is 5.18. The molecule has 0 bridgehead atoms. The molecule has 0 radical (unpaired) electrons. The molecule has 5 nitrogen and oxygen atoms in total. The summed E-state index contributed by atoms with van der Waals surface area (Å²) in [5.41, 5.74) is 0.719. The van der Waals surface area contributed by atoms with Crippen molar-refractivity contribution in [3.8, 4) is 5.75 Å². The standard InChI is InChI=1S/C17H22FN3O2/c1-12(7-13-5-3-4-6-15(13)18)20-16-10-22-11-17(16)23-14-8-19-21(2)9-14/h3-6,8-9,12,16-17,20H,7,10-11H2,1-2H3/t12?,16-,17+/m0/s1. The average Bonchev–Trinajstić information content (AvgIpc) is 3.11. The minimum Gasteiger partial charge on any atom is -0.483 e. The first kappa shape index (κ1) is 16.0. The van der Waals surface area contributed by atoms with E-state index in [-0.39, 0.29) is 24.0 Å². The quantitative estimate of drug-likeness (QED) is 0.884. The van der Waals surface area contributed by atoms with Gasteiger partial charge in [0.25, 0.3) is 0 Å². The molecule has 3 atom stereocenters. The first-order valence-corrected chi connectivity index (χ1v) is 7.84. The van der Waals surface area contributed by atoms with Gasteiger partial charge < -0.3 is 14.8 Å². The van der Waals surface area contributed by atoms with E-state index in [9.17, 15) is 4.39 Å². The molecule has 0 aliphatic carbocycles. The Morgan fingerprint density at radius 3 is 3.00 bits per heavy atom. The SMILES string of the molecule is CC(Cc1ccccc1F)N[C@H]1COC[C@H]1Oc1cnn(C)c1. The van der Waals surface area contributed by atoms with Gasteiger partial charge in [-0.25, -0.2) is 4.39 Å². The van der Waals surface area contributed by atoms with Gasteiger partial charge in [-0.2, -0.15) is 5.10 Å². The van der Waals surface area contributed by atoms with Crippen LogP contribution in [0.5, 0.6) is 5.75 Å². The van der Waals surface area contributed by atoms with Crippen molar-refractivity contribution in [3.63, 3.8) is 0 Å². The van der Waals surface area contributed by atoms with Crippen molar-refractivity contribution in [2.24, 2.45) is 7.05 Å². The van der Waals surface area contributed by atoms with Gasteiger partial charge >= 0.3 is 0 Å². The Morgan fingerprint density at radius 2 is 2.26 bits per heavy atom. The summed E-state index contributed by atoms with van der Waals surface area (Å²) in [5.74, 6) is 0.573. The summed E-state index contributed by atoms with van der Waals surface area (Å²) in [6.45, 7) is 3.18. The van der Waals surface area contributed by atoms with Gasteiger partial charge in [-0.1, -0.05) is 18.2 Å². The maximum absolute atomic E-state index is 13.7. The van der Waals surface area contributed by atoms with Crippen LogP contribution in [0.2, 0.25) is 0 Å². The Bertz CT molecular complexity index is 646. The van der Waals surface area contributed by atoms with Crippen LogP contribution in [0.25, 0.3) is 0 Å². The zero-order valence-electron chi connectivity index (χ0n) is 13.4. The third-order valence-electron chi connectivity index (χ3n) is 3.98. The molecular weight excluding hydrogens is 297 g/mol. The predicted octanol–water partition coefficient (Wildman–Crippen LogP) is 1.93. The van der Waals surface area contributed by atoms with Crippen LogP contribution in [0.4, 0.5) is 4.39 Å². The lowest BCUT2D eigenvalue weighted by molar-refractivity contribution is 0.138. The van der Waals surface area contributed by atoms with E-state index in [2.05, 4.69) is 10.4 Å². The van der Waals surface area contributed by atoms with Gasteiger partial charge in [0, 0.05) is 13.1 Å². The second-order valence-electron chi connectivity index (χ2n) is 6.01. The maximum Gasteiger partial charge on any atom is 0.157 e. The molecule has 1 aliphatic rings. The second-order valence-corrected chi connectivity index (χ2v) is 6.01. The van der Waals surface area contributed by atoms with Gasteiger partial charge in [0.1, 0.15) is 11.9 Å². The summed E-state index contributed by atoms with van der Waals surface area (Å²) in [6, 6.07) is 7.09. The number of nitrogens with one attached hydrogen (secondary N) is 1. The predicted molar refractivity (Wildman–Crippen MR) is 84.9 cm³/mol. The number of rotatable bonds is 6. The lowest BCUT2D eigenvalue weighted by atomic mass is 10.1. The van der Waals surface area contributed by atoms with E-state index in [4.69, 9.17) is 9.47 Å². The van der Waals surface area contributed by atoms with Crippen LogP contribution in [-0.4, -0.2) is 41.2 Å². The Kier molecular flexibility index (Phi) is 4.93. The molecule has 3 rings (SSSR count). The smallest absolute Gasteiger partial charge is 0.157 e. The van der Waals surface area contributed by atoms with Crippen LogP contribution in [0.15, 0.2) is 36.7 Å². The first-order chi connectivity index (χ1) is 11.1. The van der Waals surface area contributed by atoms with Gasteiger partial charge in [0.05, 0.1) is 31.6 Å². The summed E-state index contributed by atoms with van der Waals surface area (Å²) in [5, 5.41) is 7.59. The molecule has 23 heavy (non-hydrogen) atoms. The van der Waals surface area contributed by atoms with Crippen LogP contribution in [0, 0.1) is 5.82 Å². The van der Waals surface area contributed by atoms with E-state index in [1.165, 1.54) is 6.07 Å². The maximum atomic E-state index is 13.7. The highest BCUT2D eigenvalue weighted by atomic mass is 19.1. The van der Waals surface area contributed by atoms with Gasteiger partial charge in [0.2, 0.25) is 0 Å². The number of hydrogen-bond donors (Lipinski definition) is 1. The van der Waals surface area contributed by atoms with Crippen molar-refractivity contribution in [1.29, 1.82) is 0 Å². The highest BCUT2D eigenvalue weighted by Crippen LogP contribution is 2.17. The summed E-state index contributed by atoms with van der Waals surface area (Å²) in [6.07, 6.45) is 4.08. The largest absolute Gasteiger partial charge is 0.483 e. The van der Waals surface area contributed by atoms with E-state index in [1.54, 1.807) is 16.9 Å². The van der Waals surface area contributed by atoms with E-state index in [0.29, 0.717) is 19.6 Å². The summed E-state index contributed by atoms with van der Waals surface area (Å²) < 4.78 is 26.9. The molecule has 2 aromatic rings. The fourth-order valence-corrected chi connectivity index (χ4v) is 2.86. The Morgan fingerprint density at radius 1 is 1.43 bits per heavy atom. The molecule has 1 aromatic carbocycles. The Labute approximate surface area is 135 Å². The normalized spacial score (nSPS) is 22.2. The monoisotopic (exact) mass is 319 g/mol. The minimum atomic E-state index is -0.160. The fourth-order valence-electron chi connectivity index (χ4n) is 2.86. The number of hydrogen-bond acceptors (Lipinski definition) is 4. The van der Waals surface area contributed by atoms with Crippen molar-refractivity contribution < 1.29 is 13.9 Å². The summed E-state index contributed by atoms with van der Waals surface area (Å²) in [4.78, 5) is 0. The molecule has 2 heterocycles. The van der Waals surface area contributed by atoms with Crippen molar-refractivity contribution in [2.75, 3.05) is 13.2 Å². The molecule has 0 spiro atoms. The third-order valence-corrected chi connectivity index (χ3v) is 3.98. The summed E-state index contributed by atoms with van der Waals surface area (Å²) in [7, 11) is 1.85. The molecule has 1 N–H and O–H groups in total. The van der Waals surface area contributed by atoms with Crippen molar-refractivity contribution in [1.82, 2.24) is 15.1 Å². The van der Waals surface area contributed by atoms with Gasteiger partial charge in [0.15, 0.2) is 5.75 Å². The van der Waals surface area contributed by atoms with Crippen molar-refractivity contribution in [3.05, 3.63) is 48.0 Å². The highest BCUT2D eigenvalue weighted by Gasteiger charge is 2.31. The average molecular weight is 319 g/mol. The molecule has 0 saturated carbocycles. The fraction of sp³-hybridized carbons (Fsp3) is 0.471. The number of ether oxygens (including phenoxy) is 2. The first-order valence-electron chi connectivity index (χ1n) is 7.84. The van der Waals surface area contributed by atoms with E-state index in [0.717, 1.165) is 11.3 Å².